The number of nitrogens with one attached hydrogen (secondary N) is 1. The second kappa shape index (κ2) is 39.3. The topological polar surface area (TPSA) is 407 Å². The summed E-state index contributed by atoms with van der Waals surface area (Å²) in [5.74, 6) is 4.06. The highest BCUT2D eigenvalue weighted by Crippen LogP contribution is 2.25. The number of aromatic hydroxyl groups is 3. The molecule has 6 aromatic carbocycles. The fraction of sp³-hybridized carbons (Fsp3) is 0.234. The van der Waals surface area contributed by atoms with E-state index >= 15 is 0 Å². The molecule has 0 saturated carbocycles. The molecular weight excluding hydrogens is 915 g/mol. The highest BCUT2D eigenvalue weighted by atomic mass is 16.5. The van der Waals surface area contributed by atoms with Gasteiger partial charge in [0, 0.05) is 86.0 Å². The van der Waals surface area contributed by atoms with Gasteiger partial charge >= 0.3 is 0 Å². The molecule has 0 fully saturated rings. The van der Waals surface area contributed by atoms with Crippen molar-refractivity contribution >= 4 is 39.8 Å². The summed E-state index contributed by atoms with van der Waals surface area (Å²) < 4.78 is 24.3. The zero-order chi connectivity index (χ0) is 52.0. The summed E-state index contributed by atoms with van der Waals surface area (Å²) in [6, 6.07) is 33.1. The van der Waals surface area contributed by atoms with Crippen LogP contribution in [0.15, 0.2) is 137 Å². The summed E-state index contributed by atoms with van der Waals surface area (Å²) in [4.78, 5) is 30.6. The average molecular weight is 980 g/mol. The van der Waals surface area contributed by atoms with Gasteiger partial charge in [-0.25, -0.2) is 5.90 Å². The van der Waals surface area contributed by atoms with E-state index in [1.165, 1.54) is 38.5 Å². The largest absolute Gasteiger partial charge is 0.508 e. The number of anilines is 4. The second-order valence-electron chi connectivity index (χ2n) is 13.5. The van der Waals surface area contributed by atoms with Crippen molar-refractivity contribution in [1.29, 1.82) is 0 Å². The third kappa shape index (κ3) is 25.5. The molecule has 0 aromatic heterocycles. The molecular formula is C47H65N9O14. The van der Waals surface area contributed by atoms with Crippen LogP contribution in [0.5, 0.6) is 17.2 Å². The fourth-order valence-electron chi connectivity index (χ4n) is 5.18. The quantitative estimate of drug-likeness (QED) is 0.0260. The van der Waals surface area contributed by atoms with Crippen LogP contribution in [0.4, 0.5) is 39.8 Å². The number of para-hydroxylation sites is 2. The van der Waals surface area contributed by atoms with E-state index in [2.05, 4.69) is 21.4 Å². The SMILES string of the molecule is COCc1cc(N)ccc1N.COCc1cc(N=O)ccc1N.COCc1cc(N=O)ccc1O.COCc1cc(NO)ccc1N=O.COCc1ccccc1O.N.NO.OCc1ccccc1O. The van der Waals surface area contributed by atoms with Gasteiger partial charge in [0.2, 0.25) is 0 Å². The summed E-state index contributed by atoms with van der Waals surface area (Å²) in [5, 5.41) is 59.4. The van der Waals surface area contributed by atoms with Crippen LogP contribution in [0.1, 0.15) is 33.4 Å². The number of phenolic OH excluding ortho intramolecular Hbond substituents is 2. The normalized spacial score (nSPS) is 9.39. The van der Waals surface area contributed by atoms with E-state index in [1.54, 1.807) is 100 Å². The van der Waals surface area contributed by atoms with E-state index in [9.17, 15) is 19.8 Å². The lowest BCUT2D eigenvalue weighted by atomic mass is 10.2. The molecule has 0 aliphatic carbocycles. The number of hydrogen-bond donors (Lipinski definition) is 12. The van der Waals surface area contributed by atoms with Crippen LogP contribution >= 0.6 is 0 Å². The smallest absolute Gasteiger partial charge is 0.121 e. The first-order valence-electron chi connectivity index (χ1n) is 20.0. The maximum absolute atomic E-state index is 10.3. The monoisotopic (exact) mass is 979 g/mol. The molecule has 0 aliphatic heterocycles. The highest BCUT2D eigenvalue weighted by Gasteiger charge is 2.05. The number of ether oxygens (including phenoxy) is 5. The summed E-state index contributed by atoms with van der Waals surface area (Å²) in [5.41, 5.74) is 26.6. The highest BCUT2D eigenvalue weighted by molar-refractivity contribution is 5.57. The predicted octanol–water partition coefficient (Wildman–Crippen LogP) is 8.70. The number of nitroso groups, excluding NO2 is 3. The van der Waals surface area contributed by atoms with Gasteiger partial charge in [-0.3, -0.25) is 10.7 Å². The number of nitrogens with zero attached hydrogens (tertiary/aromatic N) is 3. The lowest BCUT2D eigenvalue weighted by Gasteiger charge is -2.04. The summed E-state index contributed by atoms with van der Waals surface area (Å²) in [6.07, 6.45) is 0. The first kappa shape index (κ1) is 64.4. The summed E-state index contributed by atoms with van der Waals surface area (Å²) in [7, 11) is 7.84. The van der Waals surface area contributed by atoms with Crippen molar-refractivity contribution in [2.45, 2.75) is 39.6 Å². The number of nitrogens with two attached hydrogens (primary N) is 4. The molecule has 0 spiro atoms. The van der Waals surface area contributed by atoms with Crippen LogP contribution in [0.2, 0.25) is 0 Å². The standard InChI is InChI=1S/C8H10N2O3.C8H10N2O2.C8H12N2O.C8H9NO3.C8H10O2.C7H8O2.H3NO.H3N/c1-13-5-6-4-7(9-11)2-3-8(6)10-12;1-12-5-6-4-7(10-11)2-3-8(6)9;1-11-5-6-4-7(9)2-3-8(6)10;1-12-5-6-4-7(9-11)2-3-8(6)10;1-10-6-7-4-2-3-5-8(7)9;8-5-6-3-1-2-4-7(6)9;1-2;/h2-4,9,11H,5H2,1H3;2-4H,5,9H2,1H3;2-4H,5,9-10H2,1H3;2-4,10H,5H2,1H3;2-5,9H,6H2,1H3;1-4,8-9H,5H2;2H,1H2;1H3. The number of phenols is 3. The van der Waals surface area contributed by atoms with Crippen LogP contribution in [-0.2, 0) is 63.3 Å². The Hall–Kier alpha value is -7.68. The minimum Gasteiger partial charge on any atom is -0.508 e. The Balaban J connectivity index is 0. The number of methoxy groups -OCH3 is 5. The van der Waals surface area contributed by atoms with Crippen molar-refractivity contribution in [3.05, 3.63) is 169 Å². The molecule has 0 saturated heterocycles. The van der Waals surface area contributed by atoms with Crippen LogP contribution in [0, 0.1) is 14.7 Å². The van der Waals surface area contributed by atoms with Gasteiger partial charge in [-0.1, -0.05) is 36.4 Å². The van der Waals surface area contributed by atoms with E-state index < -0.39 is 0 Å². The molecule has 70 heavy (non-hydrogen) atoms. The van der Waals surface area contributed by atoms with Crippen molar-refractivity contribution in [2.75, 3.05) is 58.2 Å². The number of rotatable bonds is 15. The number of aliphatic hydroxyl groups is 1. The molecule has 0 amide bonds. The van der Waals surface area contributed by atoms with Gasteiger partial charge < -0.3 is 72.7 Å². The lowest BCUT2D eigenvalue weighted by Crippen LogP contribution is -1.97. The fourth-order valence-corrected chi connectivity index (χ4v) is 5.18. The zero-order valence-electron chi connectivity index (χ0n) is 39.6. The zero-order valence-corrected chi connectivity index (χ0v) is 39.6. The van der Waals surface area contributed by atoms with Crippen LogP contribution < -0.4 is 34.7 Å². The Morgan fingerprint density at radius 2 is 0.886 bits per heavy atom. The Morgan fingerprint density at radius 3 is 1.34 bits per heavy atom. The van der Waals surface area contributed by atoms with Gasteiger partial charge in [0.25, 0.3) is 0 Å². The molecule has 23 heteroatoms. The number of aliphatic hydroxyl groups excluding tert-OH is 1. The van der Waals surface area contributed by atoms with E-state index in [0.717, 1.165) is 22.4 Å². The minimum atomic E-state index is -0.104. The van der Waals surface area contributed by atoms with E-state index in [0.29, 0.717) is 76.4 Å². The average Bonchev–Trinajstić information content (AvgIpc) is 3.37. The summed E-state index contributed by atoms with van der Waals surface area (Å²) >= 11 is 0. The lowest BCUT2D eigenvalue weighted by molar-refractivity contribution is 0.182. The van der Waals surface area contributed by atoms with Crippen molar-refractivity contribution < 1.29 is 54.5 Å². The van der Waals surface area contributed by atoms with Crippen molar-refractivity contribution in [3.63, 3.8) is 0 Å². The maximum atomic E-state index is 10.3. The molecule has 0 aliphatic rings. The number of benzene rings is 6. The van der Waals surface area contributed by atoms with Gasteiger partial charge in [0.15, 0.2) is 0 Å². The number of nitrogen functional groups attached to an aromatic ring is 3. The third-order valence-electron chi connectivity index (χ3n) is 8.53. The molecule has 382 valence electrons. The molecule has 18 N–H and O–H groups in total. The van der Waals surface area contributed by atoms with Crippen molar-refractivity contribution in [2.24, 2.45) is 21.4 Å². The third-order valence-corrected chi connectivity index (χ3v) is 8.53. The van der Waals surface area contributed by atoms with Gasteiger partial charge in [0.1, 0.15) is 34.3 Å². The van der Waals surface area contributed by atoms with Crippen LogP contribution in [-0.4, -0.2) is 66.4 Å². The minimum absolute atomic E-state index is 0. The molecule has 6 rings (SSSR count). The molecule has 0 bridgehead atoms. The van der Waals surface area contributed by atoms with Crippen LogP contribution in [0.3, 0.4) is 0 Å². The van der Waals surface area contributed by atoms with Gasteiger partial charge in [0.05, 0.1) is 45.3 Å². The maximum Gasteiger partial charge on any atom is 0.121 e. The summed E-state index contributed by atoms with van der Waals surface area (Å²) in [6.45, 7) is 1.83. The molecule has 23 nitrogen and oxygen atoms in total. The van der Waals surface area contributed by atoms with Gasteiger partial charge in [-0.05, 0) is 100 Å². The van der Waals surface area contributed by atoms with Crippen molar-refractivity contribution in [3.8, 4) is 17.2 Å². The molecule has 0 radical (unpaired) electrons. The Morgan fingerprint density at radius 1 is 0.471 bits per heavy atom. The second-order valence-corrected chi connectivity index (χ2v) is 13.5. The van der Waals surface area contributed by atoms with E-state index in [4.69, 9.17) is 66.6 Å². The van der Waals surface area contributed by atoms with Crippen LogP contribution in [0.25, 0.3) is 0 Å². The molecule has 0 unspecified atom stereocenters. The van der Waals surface area contributed by atoms with E-state index in [-0.39, 0.29) is 37.5 Å². The molecule has 6 aromatic rings. The predicted molar refractivity (Wildman–Crippen MR) is 269 cm³/mol. The van der Waals surface area contributed by atoms with Crippen molar-refractivity contribution in [1.82, 2.24) is 6.15 Å². The Kier molecular flexibility index (Phi) is 36.2. The Labute approximate surface area is 405 Å². The Bertz CT molecular complexity index is 2320. The first-order chi connectivity index (χ1) is 33.3. The van der Waals surface area contributed by atoms with E-state index in [1.807, 2.05) is 23.7 Å². The number of hydrogen-bond acceptors (Lipinski definition) is 23. The first-order valence-corrected chi connectivity index (χ1v) is 20.0. The van der Waals surface area contributed by atoms with Gasteiger partial charge in [-0.2, -0.15) is 0 Å². The molecule has 0 heterocycles. The van der Waals surface area contributed by atoms with Gasteiger partial charge in [-0.15, -0.1) is 14.7 Å². The molecule has 0 atom stereocenters.